The van der Waals surface area contributed by atoms with Crippen molar-refractivity contribution >= 4 is 40.2 Å². The third-order valence-corrected chi connectivity index (χ3v) is 8.11. The molecule has 1 aliphatic heterocycles. The van der Waals surface area contributed by atoms with Gasteiger partial charge < -0.3 is 19.9 Å². The lowest BCUT2D eigenvalue weighted by Gasteiger charge is -2.17. The van der Waals surface area contributed by atoms with E-state index in [4.69, 9.17) is 0 Å². The van der Waals surface area contributed by atoms with Gasteiger partial charge in [0.2, 0.25) is 5.43 Å². The Balaban J connectivity index is 1.63. The minimum atomic E-state index is -4.67. The largest absolute Gasteiger partial charge is 0.477 e. The third-order valence-electron chi connectivity index (χ3n) is 7.23. The van der Waals surface area contributed by atoms with Gasteiger partial charge in [0.05, 0.1) is 5.39 Å². The van der Waals surface area contributed by atoms with Crippen molar-refractivity contribution in [3.05, 3.63) is 57.6 Å². The first kappa shape index (κ1) is 30.1. The molecule has 15 heteroatoms. The van der Waals surface area contributed by atoms with Crippen molar-refractivity contribution in [2.24, 2.45) is 5.92 Å². The van der Waals surface area contributed by atoms with Crippen molar-refractivity contribution in [1.29, 1.82) is 0 Å². The van der Waals surface area contributed by atoms with Gasteiger partial charge in [0, 0.05) is 60.3 Å². The minimum Gasteiger partial charge on any atom is -0.477 e. The second kappa shape index (κ2) is 12.1. The van der Waals surface area contributed by atoms with Crippen molar-refractivity contribution < 1.29 is 27.9 Å². The highest BCUT2D eigenvalue weighted by Gasteiger charge is 2.34. The lowest BCUT2D eigenvalue weighted by Crippen LogP contribution is -2.28. The molecule has 0 spiro atoms. The maximum absolute atomic E-state index is 13.4. The Bertz CT molecular complexity index is 1750. The van der Waals surface area contributed by atoms with E-state index in [1.54, 1.807) is 11.5 Å². The molecule has 5 rings (SSSR count). The van der Waals surface area contributed by atoms with Crippen LogP contribution in [0.1, 0.15) is 36.3 Å². The first-order valence-corrected chi connectivity index (χ1v) is 14.4. The summed E-state index contributed by atoms with van der Waals surface area (Å²) >= 11 is 0.756. The molecule has 5 heterocycles. The first-order chi connectivity index (χ1) is 20.5. The molecule has 43 heavy (non-hydrogen) atoms. The maximum atomic E-state index is 13.4. The Morgan fingerprint density at radius 3 is 2.60 bits per heavy atom. The van der Waals surface area contributed by atoms with Crippen LogP contribution in [0.15, 0.2) is 40.9 Å². The van der Waals surface area contributed by atoms with Crippen LogP contribution in [-0.2, 0) is 12.7 Å². The fourth-order valence-corrected chi connectivity index (χ4v) is 5.98. The number of rotatable bonds is 8. The molecule has 4 aromatic rings. The van der Waals surface area contributed by atoms with Crippen LogP contribution in [0.25, 0.3) is 32.7 Å². The van der Waals surface area contributed by atoms with E-state index >= 15 is 0 Å². The standard InChI is InChI=1S/C28H28F3N7O4S/c1-3-32-27(42)36-22-8-17(25-35-21(14-43-25)28(29,30)31)19(10-33-22)16-7-18-23(39)20(26(40)41)13-38(24(18)34-9-16)12-15-5-6-37(4-2)11-15/h7-10,13-15H,3-6,11-12H2,1-2H3,(H,40,41)(H2,32,33,36,42)/t15-/m1/s1. The van der Waals surface area contributed by atoms with E-state index in [1.165, 1.54) is 30.7 Å². The Labute approximate surface area is 247 Å². The fraction of sp³-hybridized carbons (Fsp3) is 0.357. The SMILES string of the molecule is CCNC(=O)Nc1cc(-c2nc(C(F)(F)F)cs2)c(-c2cnc3c(c2)c(=O)c(C(=O)O)cn3C[C@@H]2CCN(CC)C2)cn1. The number of thiazole rings is 1. The summed E-state index contributed by atoms with van der Waals surface area (Å²) in [6.45, 7) is 7.27. The number of fused-ring (bicyclic) bond motifs is 1. The summed E-state index contributed by atoms with van der Waals surface area (Å²) in [6, 6.07) is 2.30. The number of carboxylic acid groups (broad SMARTS) is 1. The molecule has 3 N–H and O–H groups in total. The second-order valence-electron chi connectivity index (χ2n) is 10.1. The third kappa shape index (κ3) is 6.37. The van der Waals surface area contributed by atoms with E-state index in [0.29, 0.717) is 29.9 Å². The van der Waals surface area contributed by atoms with Gasteiger partial charge >= 0.3 is 18.2 Å². The number of carbonyl (C=O) groups excluding carboxylic acids is 1. The summed E-state index contributed by atoms with van der Waals surface area (Å²) in [4.78, 5) is 52.2. The molecule has 1 atom stereocenters. The topological polar surface area (TPSA) is 142 Å². The summed E-state index contributed by atoms with van der Waals surface area (Å²) in [5, 5.41) is 15.8. The van der Waals surface area contributed by atoms with Crippen LogP contribution < -0.4 is 16.1 Å². The number of pyridine rings is 3. The minimum absolute atomic E-state index is 0.00202. The molecule has 0 radical (unpaired) electrons. The number of nitrogens with one attached hydrogen (secondary N) is 2. The van der Waals surface area contributed by atoms with Crippen molar-refractivity contribution in [2.75, 3.05) is 31.5 Å². The number of carbonyl (C=O) groups is 2. The number of alkyl halides is 3. The number of aromatic nitrogens is 4. The molecular formula is C28H28F3N7O4S. The van der Waals surface area contributed by atoms with Gasteiger partial charge in [-0.25, -0.2) is 24.5 Å². The first-order valence-electron chi connectivity index (χ1n) is 13.6. The van der Waals surface area contributed by atoms with Gasteiger partial charge in [0.15, 0.2) is 5.69 Å². The van der Waals surface area contributed by atoms with E-state index in [1.807, 2.05) is 0 Å². The van der Waals surface area contributed by atoms with Gasteiger partial charge in [-0.15, -0.1) is 11.3 Å². The molecular weight excluding hydrogens is 587 g/mol. The summed E-state index contributed by atoms with van der Waals surface area (Å²) in [7, 11) is 0. The average molecular weight is 616 g/mol. The van der Waals surface area contributed by atoms with E-state index in [9.17, 15) is 32.7 Å². The zero-order valence-corrected chi connectivity index (χ0v) is 24.1. The van der Waals surface area contributed by atoms with Crippen molar-refractivity contribution in [1.82, 2.24) is 29.7 Å². The number of hydrogen-bond acceptors (Lipinski definition) is 8. The van der Waals surface area contributed by atoms with E-state index in [2.05, 4.69) is 37.4 Å². The summed E-state index contributed by atoms with van der Waals surface area (Å²) < 4.78 is 41.9. The Kier molecular flexibility index (Phi) is 8.46. The van der Waals surface area contributed by atoms with Gasteiger partial charge in [0.25, 0.3) is 0 Å². The van der Waals surface area contributed by atoms with Gasteiger partial charge in [-0.05, 0) is 44.5 Å². The number of halogens is 3. The van der Waals surface area contributed by atoms with E-state index in [-0.39, 0.29) is 27.7 Å². The van der Waals surface area contributed by atoms with Crippen molar-refractivity contribution in [2.45, 2.75) is 33.0 Å². The quantitative estimate of drug-likeness (QED) is 0.257. The number of aromatic carboxylic acids is 1. The van der Waals surface area contributed by atoms with Gasteiger partial charge in [-0.3, -0.25) is 10.1 Å². The molecule has 0 aliphatic carbocycles. The summed E-state index contributed by atoms with van der Waals surface area (Å²) in [6.07, 6.45) is 0.367. The highest BCUT2D eigenvalue weighted by Crippen LogP contribution is 2.38. The Morgan fingerprint density at radius 1 is 1.16 bits per heavy atom. The molecule has 226 valence electrons. The van der Waals surface area contributed by atoms with Crippen LogP contribution in [0.3, 0.4) is 0 Å². The lowest BCUT2D eigenvalue weighted by molar-refractivity contribution is -0.140. The normalized spacial score (nSPS) is 15.6. The molecule has 0 aromatic carbocycles. The Hall–Kier alpha value is -4.37. The summed E-state index contributed by atoms with van der Waals surface area (Å²) in [5.74, 6) is -1.07. The van der Waals surface area contributed by atoms with Gasteiger partial charge in [0.1, 0.15) is 22.0 Å². The number of urea groups is 1. The predicted octanol–water partition coefficient (Wildman–Crippen LogP) is 4.78. The highest BCUT2D eigenvalue weighted by molar-refractivity contribution is 7.13. The molecule has 1 aliphatic rings. The van der Waals surface area contributed by atoms with Crippen LogP contribution in [0, 0.1) is 5.92 Å². The Morgan fingerprint density at radius 2 is 1.95 bits per heavy atom. The van der Waals surface area contributed by atoms with Gasteiger partial charge in [-0.2, -0.15) is 13.2 Å². The maximum Gasteiger partial charge on any atom is 0.434 e. The number of nitrogens with zero attached hydrogens (tertiary/aromatic N) is 5. The van der Waals surface area contributed by atoms with E-state index in [0.717, 1.165) is 42.8 Å². The second-order valence-corrected chi connectivity index (χ2v) is 11.0. The number of likely N-dealkylation sites (tertiary alicyclic amines) is 1. The molecule has 0 bridgehead atoms. The molecule has 11 nitrogen and oxygen atoms in total. The molecule has 2 amide bonds. The number of carboxylic acids is 1. The van der Waals surface area contributed by atoms with Crippen molar-refractivity contribution in [3.63, 3.8) is 0 Å². The number of anilines is 1. The molecule has 1 fully saturated rings. The fourth-order valence-electron chi connectivity index (χ4n) is 5.12. The number of hydrogen-bond donors (Lipinski definition) is 3. The zero-order valence-electron chi connectivity index (χ0n) is 23.2. The van der Waals surface area contributed by atoms with E-state index < -0.39 is 34.9 Å². The van der Waals surface area contributed by atoms with Gasteiger partial charge in [-0.1, -0.05) is 6.92 Å². The highest BCUT2D eigenvalue weighted by atomic mass is 32.1. The van der Waals surface area contributed by atoms with Crippen LogP contribution in [0.4, 0.5) is 23.8 Å². The molecule has 0 unspecified atom stereocenters. The molecule has 4 aromatic heterocycles. The van der Waals surface area contributed by atoms with Crippen LogP contribution in [0.5, 0.6) is 0 Å². The molecule has 0 saturated carbocycles. The monoisotopic (exact) mass is 615 g/mol. The lowest BCUT2D eigenvalue weighted by atomic mass is 10.0. The zero-order chi connectivity index (χ0) is 30.9. The smallest absolute Gasteiger partial charge is 0.434 e. The number of amides is 2. The van der Waals surface area contributed by atoms with Crippen LogP contribution in [0.2, 0.25) is 0 Å². The summed E-state index contributed by atoms with van der Waals surface area (Å²) in [5.41, 5.74) is -1.10. The molecule has 1 saturated heterocycles. The van der Waals surface area contributed by atoms with Crippen molar-refractivity contribution in [3.8, 4) is 21.7 Å². The van der Waals surface area contributed by atoms with Crippen LogP contribution in [-0.4, -0.2) is 67.7 Å². The van der Waals surface area contributed by atoms with Crippen LogP contribution >= 0.6 is 11.3 Å². The predicted molar refractivity (Wildman–Crippen MR) is 155 cm³/mol. The average Bonchev–Trinajstić information content (AvgIpc) is 3.64.